The third-order valence-corrected chi connectivity index (χ3v) is 7.07. The minimum atomic E-state index is -4.14. The Balaban J connectivity index is 1.75. The Labute approximate surface area is 160 Å². The van der Waals surface area contributed by atoms with E-state index in [1.54, 1.807) is 0 Å². The summed E-state index contributed by atoms with van der Waals surface area (Å²) in [6.45, 7) is 1.52. The Kier molecular flexibility index (Phi) is 5.59. The van der Waals surface area contributed by atoms with Crippen molar-refractivity contribution in [3.05, 3.63) is 55.3 Å². The zero-order valence-electron chi connectivity index (χ0n) is 14.6. The van der Waals surface area contributed by atoms with Gasteiger partial charge in [0.1, 0.15) is 0 Å². The van der Waals surface area contributed by atoms with E-state index in [1.807, 2.05) is 10.9 Å². The average molecular weight is 409 g/mol. The van der Waals surface area contributed by atoms with Gasteiger partial charge >= 0.3 is 0 Å². The van der Waals surface area contributed by atoms with Crippen LogP contribution in [0.2, 0.25) is 0 Å². The van der Waals surface area contributed by atoms with Crippen LogP contribution in [0.25, 0.3) is 0 Å². The first-order valence-electron chi connectivity index (χ1n) is 8.47. The fourth-order valence-corrected chi connectivity index (χ4v) is 5.25. The van der Waals surface area contributed by atoms with Gasteiger partial charge in [0.25, 0.3) is 21.6 Å². The van der Waals surface area contributed by atoms with Crippen molar-refractivity contribution in [3.8, 4) is 0 Å². The lowest BCUT2D eigenvalue weighted by atomic mass is 10.1. The summed E-state index contributed by atoms with van der Waals surface area (Å²) in [4.78, 5) is 26.0. The number of nitrogens with zero attached hydrogens (tertiary/aromatic N) is 1. The maximum Gasteiger partial charge on any atom is 0.276 e. The smallest absolute Gasteiger partial charge is 0.273 e. The van der Waals surface area contributed by atoms with E-state index < -0.39 is 20.9 Å². The van der Waals surface area contributed by atoms with Crippen molar-refractivity contribution in [3.63, 3.8) is 0 Å². The van der Waals surface area contributed by atoms with Crippen LogP contribution in [0, 0.1) is 17.0 Å². The van der Waals surface area contributed by atoms with Crippen LogP contribution in [0.4, 0.5) is 5.69 Å². The molecule has 0 radical (unpaired) electrons. The summed E-state index contributed by atoms with van der Waals surface area (Å²) in [7, 11) is -4.14. The molecule has 1 amide bonds. The number of fused-ring (bicyclic) bond motifs is 1. The molecule has 0 saturated carbocycles. The monoisotopic (exact) mass is 409 g/mol. The van der Waals surface area contributed by atoms with E-state index in [2.05, 4.69) is 5.43 Å². The number of nitro benzene ring substituents is 1. The number of rotatable bonds is 5. The molecule has 0 unspecified atom stereocenters. The third kappa shape index (κ3) is 4.34. The van der Waals surface area contributed by atoms with E-state index in [1.165, 1.54) is 41.7 Å². The van der Waals surface area contributed by atoms with Gasteiger partial charge in [-0.1, -0.05) is 12.5 Å². The van der Waals surface area contributed by atoms with E-state index in [0.717, 1.165) is 37.3 Å². The van der Waals surface area contributed by atoms with Gasteiger partial charge in [0.05, 0.1) is 14.7 Å². The summed E-state index contributed by atoms with van der Waals surface area (Å²) >= 11 is 1.38. The van der Waals surface area contributed by atoms with Crippen LogP contribution in [0.15, 0.2) is 29.2 Å². The fraction of sp³-hybridized carbons (Fsp3) is 0.353. The fourth-order valence-electron chi connectivity index (χ4n) is 3.00. The number of nitro groups is 1. The minimum Gasteiger partial charge on any atom is -0.273 e. The number of sulfonamides is 1. The average Bonchev–Trinajstić information content (AvgIpc) is 2.90. The zero-order valence-corrected chi connectivity index (χ0v) is 16.3. The van der Waals surface area contributed by atoms with Crippen LogP contribution in [0.5, 0.6) is 0 Å². The Morgan fingerprint density at radius 2 is 1.93 bits per heavy atom. The highest BCUT2D eigenvalue weighted by molar-refractivity contribution is 7.89. The number of non-ortho nitro benzene ring substituents is 1. The number of hydrazine groups is 1. The molecular formula is C17H19N3O5S2. The van der Waals surface area contributed by atoms with Crippen molar-refractivity contribution >= 4 is 33.0 Å². The van der Waals surface area contributed by atoms with Crippen LogP contribution in [-0.2, 0) is 22.9 Å². The maximum atomic E-state index is 12.5. The second-order valence-electron chi connectivity index (χ2n) is 6.39. The first-order chi connectivity index (χ1) is 12.8. The summed E-state index contributed by atoms with van der Waals surface area (Å²) in [5, 5.41) is 10.9. The molecule has 10 heteroatoms. The Morgan fingerprint density at radius 3 is 2.67 bits per heavy atom. The number of carbonyl (C=O) groups excluding carboxylic acids is 1. The summed E-state index contributed by atoms with van der Waals surface area (Å²) in [6.07, 6.45) is 5.21. The molecule has 1 aliphatic carbocycles. The molecule has 0 saturated heterocycles. The van der Waals surface area contributed by atoms with E-state index in [9.17, 15) is 23.3 Å². The molecule has 27 heavy (non-hydrogen) atoms. The second-order valence-corrected chi connectivity index (χ2v) is 9.17. The van der Waals surface area contributed by atoms with Crippen molar-refractivity contribution in [2.24, 2.45) is 0 Å². The highest BCUT2D eigenvalue weighted by Gasteiger charge is 2.22. The van der Waals surface area contributed by atoms with Crippen molar-refractivity contribution in [2.75, 3.05) is 0 Å². The van der Waals surface area contributed by atoms with E-state index in [4.69, 9.17) is 0 Å². The van der Waals surface area contributed by atoms with Gasteiger partial charge in [-0.05, 0) is 49.8 Å². The Morgan fingerprint density at radius 1 is 1.19 bits per heavy atom. The number of thiophene rings is 1. The SMILES string of the molecule is Cc1ccc([N+](=O)[O-])cc1S(=O)(=O)NNC(=O)c1cc2c(s1)CCCCC2. The molecule has 0 spiro atoms. The molecule has 144 valence electrons. The third-order valence-electron chi connectivity index (χ3n) is 4.44. The number of carbonyl (C=O) groups is 1. The lowest BCUT2D eigenvalue weighted by Crippen LogP contribution is -2.41. The summed E-state index contributed by atoms with van der Waals surface area (Å²) in [5.41, 5.74) is 3.35. The number of aryl methyl sites for hydroxylation is 3. The van der Waals surface area contributed by atoms with E-state index in [-0.39, 0.29) is 10.6 Å². The summed E-state index contributed by atoms with van der Waals surface area (Å²) in [6, 6.07) is 5.36. The molecule has 1 aromatic heterocycles. The first-order valence-corrected chi connectivity index (χ1v) is 10.8. The van der Waals surface area contributed by atoms with Crippen LogP contribution in [0.1, 0.15) is 44.9 Å². The number of nitrogens with one attached hydrogen (secondary N) is 2. The van der Waals surface area contributed by atoms with Gasteiger partial charge in [0.15, 0.2) is 0 Å². The summed E-state index contributed by atoms with van der Waals surface area (Å²) < 4.78 is 24.9. The van der Waals surface area contributed by atoms with Crippen molar-refractivity contribution in [1.82, 2.24) is 10.3 Å². The molecule has 0 aliphatic heterocycles. The van der Waals surface area contributed by atoms with Crippen LogP contribution in [-0.4, -0.2) is 19.2 Å². The molecule has 1 aromatic carbocycles. The van der Waals surface area contributed by atoms with Crippen LogP contribution >= 0.6 is 11.3 Å². The maximum absolute atomic E-state index is 12.5. The molecule has 1 aliphatic rings. The van der Waals surface area contributed by atoms with Crippen LogP contribution < -0.4 is 10.3 Å². The quantitative estimate of drug-likeness (QED) is 0.447. The zero-order chi connectivity index (χ0) is 19.6. The molecule has 0 bridgehead atoms. The largest absolute Gasteiger partial charge is 0.276 e. The highest BCUT2D eigenvalue weighted by atomic mass is 32.2. The number of amides is 1. The van der Waals surface area contributed by atoms with Gasteiger partial charge in [0.2, 0.25) is 0 Å². The normalized spacial score (nSPS) is 14.3. The number of hydrogen-bond donors (Lipinski definition) is 2. The first kappa shape index (κ1) is 19.5. The lowest BCUT2D eigenvalue weighted by Gasteiger charge is -2.09. The molecule has 2 aromatic rings. The van der Waals surface area contributed by atoms with Gasteiger partial charge in [0, 0.05) is 17.0 Å². The predicted octanol–water partition coefficient (Wildman–Crippen LogP) is 2.86. The Hall–Kier alpha value is -2.30. The second kappa shape index (κ2) is 7.75. The lowest BCUT2D eigenvalue weighted by molar-refractivity contribution is -0.385. The minimum absolute atomic E-state index is 0.251. The molecule has 8 nitrogen and oxygen atoms in total. The predicted molar refractivity (Wildman–Crippen MR) is 101 cm³/mol. The number of benzene rings is 1. The molecule has 0 atom stereocenters. The van der Waals surface area contributed by atoms with E-state index >= 15 is 0 Å². The molecular weight excluding hydrogens is 390 g/mol. The van der Waals surface area contributed by atoms with Crippen molar-refractivity contribution in [1.29, 1.82) is 0 Å². The molecule has 2 N–H and O–H groups in total. The standard InChI is InChI=1S/C17H19N3O5S2/c1-11-7-8-13(20(22)23)10-16(11)27(24,25)19-18-17(21)15-9-12-5-3-2-4-6-14(12)26-15/h7-10,19H,2-6H2,1H3,(H,18,21). The molecule has 0 fully saturated rings. The van der Waals surface area contributed by atoms with Gasteiger partial charge in [-0.2, -0.15) is 0 Å². The van der Waals surface area contributed by atoms with E-state index in [0.29, 0.717) is 10.4 Å². The molecule has 1 heterocycles. The van der Waals surface area contributed by atoms with Gasteiger partial charge in [-0.25, -0.2) is 8.42 Å². The summed E-state index contributed by atoms with van der Waals surface area (Å²) in [5.74, 6) is -0.542. The number of hydrogen-bond acceptors (Lipinski definition) is 6. The van der Waals surface area contributed by atoms with Crippen molar-refractivity contribution < 1.29 is 18.1 Å². The van der Waals surface area contributed by atoms with Gasteiger partial charge < -0.3 is 0 Å². The molecule has 3 rings (SSSR count). The Bertz CT molecular complexity index is 974. The van der Waals surface area contributed by atoms with Crippen molar-refractivity contribution in [2.45, 2.75) is 43.9 Å². The highest BCUT2D eigenvalue weighted by Crippen LogP contribution is 2.29. The van der Waals surface area contributed by atoms with Gasteiger partial charge in [-0.15, -0.1) is 16.2 Å². The topological polar surface area (TPSA) is 118 Å². The van der Waals surface area contributed by atoms with Crippen LogP contribution in [0.3, 0.4) is 0 Å². The van der Waals surface area contributed by atoms with Gasteiger partial charge in [-0.3, -0.25) is 20.3 Å².